The molecule has 1 nitrogen and oxygen atoms in total. The zero-order valence-corrected chi connectivity index (χ0v) is 30.9. The van der Waals surface area contributed by atoms with Crippen molar-refractivity contribution in [2.45, 2.75) is 51.4 Å². The van der Waals surface area contributed by atoms with Gasteiger partial charge >= 0.3 is 0 Å². The van der Waals surface area contributed by atoms with Crippen molar-refractivity contribution in [2.24, 2.45) is 0 Å². The summed E-state index contributed by atoms with van der Waals surface area (Å²) >= 11 is 0. The van der Waals surface area contributed by atoms with E-state index in [1.807, 2.05) is 0 Å². The first kappa shape index (κ1) is 31.8. The van der Waals surface area contributed by atoms with E-state index in [-0.39, 0.29) is 10.8 Å². The zero-order chi connectivity index (χ0) is 35.9. The Bertz CT molecular complexity index is 2730. The van der Waals surface area contributed by atoms with E-state index in [4.69, 9.17) is 0 Å². The molecule has 0 aliphatic heterocycles. The van der Waals surface area contributed by atoms with E-state index in [0.29, 0.717) is 0 Å². The Morgan fingerprint density at radius 2 is 0.943 bits per heavy atom. The van der Waals surface area contributed by atoms with Gasteiger partial charge < -0.3 is 4.90 Å². The molecule has 8 aromatic carbocycles. The highest BCUT2D eigenvalue weighted by Gasteiger charge is 2.41. The molecule has 0 atom stereocenters. The van der Waals surface area contributed by atoms with Gasteiger partial charge in [-0.05, 0) is 145 Å². The van der Waals surface area contributed by atoms with Crippen LogP contribution < -0.4 is 4.90 Å². The Kier molecular flexibility index (Phi) is 7.08. The highest BCUT2D eigenvalue weighted by atomic mass is 15.1. The van der Waals surface area contributed by atoms with E-state index in [9.17, 15) is 0 Å². The van der Waals surface area contributed by atoms with Gasteiger partial charge in [0.1, 0.15) is 0 Å². The third-order valence-electron chi connectivity index (χ3n) is 12.7. The van der Waals surface area contributed by atoms with E-state index in [0.717, 1.165) is 18.5 Å². The molecular formula is C52H43N. The topological polar surface area (TPSA) is 3.24 Å². The van der Waals surface area contributed by atoms with Crippen molar-refractivity contribution in [3.8, 4) is 33.4 Å². The van der Waals surface area contributed by atoms with Gasteiger partial charge in [0.15, 0.2) is 0 Å². The predicted molar refractivity (Wildman–Crippen MR) is 226 cm³/mol. The van der Waals surface area contributed by atoms with Crippen LogP contribution in [0.5, 0.6) is 0 Å². The lowest BCUT2D eigenvalue weighted by molar-refractivity contribution is 0.490. The van der Waals surface area contributed by atoms with Gasteiger partial charge in [0.05, 0.1) is 0 Å². The van der Waals surface area contributed by atoms with E-state index in [1.54, 1.807) is 0 Å². The number of anilines is 3. The van der Waals surface area contributed by atoms with E-state index >= 15 is 0 Å². The maximum atomic E-state index is 2.50. The van der Waals surface area contributed by atoms with Gasteiger partial charge in [-0.2, -0.15) is 0 Å². The minimum Gasteiger partial charge on any atom is -0.310 e. The summed E-state index contributed by atoms with van der Waals surface area (Å²) in [5.41, 5.74) is 17.0. The monoisotopic (exact) mass is 681 g/mol. The minimum absolute atomic E-state index is 0.00446. The normalized spacial score (nSPS) is 14.5. The fourth-order valence-corrected chi connectivity index (χ4v) is 9.78. The molecule has 8 aromatic rings. The van der Waals surface area contributed by atoms with Crippen molar-refractivity contribution in [2.75, 3.05) is 4.90 Å². The van der Waals surface area contributed by atoms with Crippen molar-refractivity contribution in [3.05, 3.63) is 186 Å². The highest BCUT2D eigenvalue weighted by Crippen LogP contribution is 2.55. The number of benzene rings is 8. The van der Waals surface area contributed by atoms with Gasteiger partial charge in [-0.1, -0.05) is 137 Å². The van der Waals surface area contributed by atoms with Crippen molar-refractivity contribution in [1.82, 2.24) is 0 Å². The van der Waals surface area contributed by atoms with E-state index < -0.39 is 0 Å². The summed E-state index contributed by atoms with van der Waals surface area (Å²) in [6.45, 7) is 9.47. The Balaban J connectivity index is 1.15. The van der Waals surface area contributed by atoms with Crippen LogP contribution in [-0.4, -0.2) is 0 Å². The van der Waals surface area contributed by atoms with Crippen molar-refractivity contribution >= 4 is 38.6 Å². The molecule has 0 spiro atoms. The molecule has 0 unspecified atom stereocenters. The molecule has 2 aliphatic rings. The number of rotatable bonds is 6. The van der Waals surface area contributed by atoms with Gasteiger partial charge in [-0.3, -0.25) is 0 Å². The largest absolute Gasteiger partial charge is 0.310 e. The molecule has 10 rings (SSSR count). The maximum Gasteiger partial charge on any atom is 0.0468 e. The Morgan fingerprint density at radius 3 is 1.70 bits per heavy atom. The SMILES string of the molecule is CCC1(CC)c2ccccc2-c2ccc(N(c3ccc(-c4ccc5ccccc5c4)cc3)c3ccc4c(c3)-c3cc5ccccc5cc3C4(C)C)cc21. The smallest absolute Gasteiger partial charge is 0.0468 e. The summed E-state index contributed by atoms with van der Waals surface area (Å²) in [4.78, 5) is 2.48. The number of hydrogen-bond acceptors (Lipinski definition) is 1. The predicted octanol–water partition coefficient (Wildman–Crippen LogP) is 14.5. The van der Waals surface area contributed by atoms with Crippen LogP contribution in [0.1, 0.15) is 62.8 Å². The summed E-state index contributed by atoms with van der Waals surface area (Å²) in [7, 11) is 0. The second-order valence-corrected chi connectivity index (χ2v) is 15.6. The quantitative estimate of drug-likeness (QED) is 0.169. The molecule has 0 saturated carbocycles. The first-order valence-corrected chi connectivity index (χ1v) is 19.2. The molecular weight excluding hydrogens is 639 g/mol. The Morgan fingerprint density at radius 1 is 0.377 bits per heavy atom. The van der Waals surface area contributed by atoms with Crippen LogP contribution in [0, 0.1) is 0 Å². The number of fused-ring (bicyclic) bond motifs is 8. The van der Waals surface area contributed by atoms with E-state index in [2.05, 4.69) is 196 Å². The van der Waals surface area contributed by atoms with Gasteiger partial charge in [-0.15, -0.1) is 0 Å². The minimum atomic E-state index is -0.0826. The molecule has 0 bridgehead atoms. The third-order valence-corrected chi connectivity index (χ3v) is 12.7. The van der Waals surface area contributed by atoms with Crippen LogP contribution in [0.3, 0.4) is 0 Å². The summed E-state index contributed by atoms with van der Waals surface area (Å²) in [6.07, 6.45) is 2.13. The van der Waals surface area contributed by atoms with Crippen LogP contribution >= 0.6 is 0 Å². The molecule has 0 radical (unpaired) electrons. The van der Waals surface area contributed by atoms with Gasteiger partial charge in [0, 0.05) is 27.9 Å². The summed E-state index contributed by atoms with van der Waals surface area (Å²) < 4.78 is 0. The van der Waals surface area contributed by atoms with Gasteiger partial charge in [0.2, 0.25) is 0 Å². The average Bonchev–Trinajstić information content (AvgIpc) is 3.61. The van der Waals surface area contributed by atoms with Gasteiger partial charge in [-0.25, -0.2) is 0 Å². The standard InChI is InChI=1S/C52H43N/c1-5-52(6-2)48-18-12-11-17-43(48)44-27-25-42(33-50(44)52)53(40-23-21-35(22-24-40)39-20-19-34-13-7-8-14-36(34)29-39)41-26-28-47-46(32-41)45-30-37-15-9-10-16-38(37)31-49(45)51(47,3)4/h7-33H,5-6H2,1-4H3. The summed E-state index contributed by atoms with van der Waals surface area (Å²) in [6, 6.07) is 61.6. The fourth-order valence-electron chi connectivity index (χ4n) is 9.78. The van der Waals surface area contributed by atoms with Gasteiger partial charge in [0.25, 0.3) is 0 Å². The molecule has 0 saturated heterocycles. The molecule has 256 valence electrons. The second-order valence-electron chi connectivity index (χ2n) is 15.6. The molecule has 53 heavy (non-hydrogen) atoms. The highest BCUT2D eigenvalue weighted by molar-refractivity contribution is 5.95. The molecule has 0 aromatic heterocycles. The lowest BCUT2D eigenvalue weighted by atomic mass is 9.74. The molecule has 1 heteroatoms. The average molecular weight is 682 g/mol. The lowest BCUT2D eigenvalue weighted by Gasteiger charge is -2.32. The van der Waals surface area contributed by atoms with Crippen LogP contribution in [0.15, 0.2) is 164 Å². The number of nitrogens with zero attached hydrogens (tertiary/aromatic N) is 1. The summed E-state index contributed by atoms with van der Waals surface area (Å²) in [5.74, 6) is 0. The van der Waals surface area contributed by atoms with Crippen molar-refractivity contribution < 1.29 is 0 Å². The van der Waals surface area contributed by atoms with Crippen LogP contribution in [-0.2, 0) is 10.8 Å². The lowest BCUT2D eigenvalue weighted by Crippen LogP contribution is -2.23. The Labute approximate surface area is 313 Å². The fraction of sp³-hybridized carbons (Fsp3) is 0.154. The molecule has 0 N–H and O–H groups in total. The first-order chi connectivity index (χ1) is 25.9. The van der Waals surface area contributed by atoms with Crippen LogP contribution in [0.2, 0.25) is 0 Å². The summed E-state index contributed by atoms with van der Waals surface area (Å²) in [5, 5.41) is 5.12. The number of hydrogen-bond donors (Lipinski definition) is 0. The molecule has 0 amide bonds. The second kappa shape index (κ2) is 11.8. The zero-order valence-electron chi connectivity index (χ0n) is 30.9. The molecule has 2 aliphatic carbocycles. The van der Waals surface area contributed by atoms with Crippen molar-refractivity contribution in [1.29, 1.82) is 0 Å². The van der Waals surface area contributed by atoms with E-state index in [1.165, 1.54) is 88.6 Å². The molecule has 0 fully saturated rings. The van der Waals surface area contributed by atoms with Crippen LogP contribution in [0.25, 0.3) is 54.9 Å². The molecule has 0 heterocycles. The third kappa shape index (κ3) is 4.70. The Hall–Kier alpha value is -5.92. The van der Waals surface area contributed by atoms with Crippen LogP contribution in [0.4, 0.5) is 17.1 Å². The maximum absolute atomic E-state index is 2.50. The van der Waals surface area contributed by atoms with Crippen molar-refractivity contribution in [3.63, 3.8) is 0 Å². The first-order valence-electron chi connectivity index (χ1n) is 19.2.